The number of carboxylic acids is 1. The van der Waals surface area contributed by atoms with Crippen molar-refractivity contribution in [2.24, 2.45) is 0 Å². The average Bonchev–Trinajstić information content (AvgIpc) is 3.13. The van der Waals surface area contributed by atoms with E-state index in [2.05, 4.69) is 6.07 Å². The summed E-state index contributed by atoms with van der Waals surface area (Å²) in [6, 6.07) is 16.3. The van der Waals surface area contributed by atoms with Crippen molar-refractivity contribution in [1.29, 1.82) is 5.26 Å². The number of rotatable bonds is 6. The van der Waals surface area contributed by atoms with Crippen LogP contribution in [0.15, 0.2) is 48.5 Å². The van der Waals surface area contributed by atoms with Gasteiger partial charge in [-0.05, 0) is 42.2 Å². The fourth-order valence-electron chi connectivity index (χ4n) is 3.12. The molecule has 5 nitrogen and oxygen atoms in total. The average molecular weight is 405 g/mol. The molecule has 0 saturated heterocycles. The molecule has 0 spiro atoms. The van der Waals surface area contributed by atoms with Crippen LogP contribution >= 0.6 is 11.3 Å². The first-order chi connectivity index (χ1) is 14.0. The molecule has 146 valence electrons. The summed E-state index contributed by atoms with van der Waals surface area (Å²) in [6.45, 7) is 3.96. The molecule has 2 aromatic carbocycles. The Kier molecular flexibility index (Phi) is 6.10. The molecule has 1 heterocycles. The highest BCUT2D eigenvalue weighted by Crippen LogP contribution is 2.38. The summed E-state index contributed by atoms with van der Waals surface area (Å²) < 4.78 is 5.18. The molecule has 0 atom stereocenters. The standard InChI is InChI=1S/C23H19NO4S/c1-3-19-18(13-24)20(21(29-19)23(27)28-4-2)15-10-8-14(9-11-15)16-6-5-7-17(12-16)22(25)26/h5-12H,3-4H2,1-2H3,(H,25,26). The largest absolute Gasteiger partial charge is 0.478 e. The molecule has 0 unspecified atom stereocenters. The van der Waals surface area contributed by atoms with Crippen molar-refractivity contribution in [3.8, 4) is 28.3 Å². The lowest BCUT2D eigenvalue weighted by molar-refractivity contribution is 0.0532. The number of hydrogen-bond donors (Lipinski definition) is 1. The van der Waals surface area contributed by atoms with Crippen LogP contribution in [0.5, 0.6) is 0 Å². The lowest BCUT2D eigenvalue weighted by atomic mass is 9.96. The van der Waals surface area contributed by atoms with Crippen LogP contribution in [-0.4, -0.2) is 23.7 Å². The Morgan fingerprint density at radius 3 is 2.34 bits per heavy atom. The van der Waals surface area contributed by atoms with Gasteiger partial charge in [-0.25, -0.2) is 9.59 Å². The zero-order valence-corrected chi connectivity index (χ0v) is 16.9. The maximum absolute atomic E-state index is 12.4. The first kappa shape index (κ1) is 20.3. The lowest BCUT2D eigenvalue weighted by Gasteiger charge is -2.08. The van der Waals surface area contributed by atoms with Crippen LogP contribution in [0.1, 0.15) is 44.3 Å². The minimum atomic E-state index is -0.980. The topological polar surface area (TPSA) is 87.4 Å². The van der Waals surface area contributed by atoms with Crippen molar-refractivity contribution in [1.82, 2.24) is 0 Å². The fraction of sp³-hybridized carbons (Fsp3) is 0.174. The van der Waals surface area contributed by atoms with E-state index in [0.29, 0.717) is 22.4 Å². The van der Waals surface area contributed by atoms with Gasteiger partial charge in [0.2, 0.25) is 0 Å². The summed E-state index contributed by atoms with van der Waals surface area (Å²) in [4.78, 5) is 24.9. The first-order valence-corrected chi connectivity index (χ1v) is 9.98. The molecule has 0 aliphatic carbocycles. The van der Waals surface area contributed by atoms with Gasteiger partial charge in [0.25, 0.3) is 0 Å². The normalized spacial score (nSPS) is 10.4. The second-order valence-corrected chi connectivity index (χ2v) is 7.36. The molecule has 0 bridgehead atoms. The van der Waals surface area contributed by atoms with Gasteiger partial charge in [0.05, 0.1) is 17.7 Å². The van der Waals surface area contributed by atoms with E-state index in [1.807, 2.05) is 37.3 Å². The SMILES string of the molecule is CCOC(=O)c1sc(CC)c(C#N)c1-c1ccc(-c2cccc(C(=O)O)c2)cc1. The number of carboxylic acid groups (broad SMARTS) is 1. The summed E-state index contributed by atoms with van der Waals surface area (Å²) in [6.07, 6.45) is 0.653. The summed E-state index contributed by atoms with van der Waals surface area (Å²) >= 11 is 1.30. The zero-order valence-electron chi connectivity index (χ0n) is 16.1. The Hall–Kier alpha value is -3.43. The molecule has 29 heavy (non-hydrogen) atoms. The van der Waals surface area contributed by atoms with E-state index in [1.54, 1.807) is 25.1 Å². The van der Waals surface area contributed by atoms with Crippen molar-refractivity contribution >= 4 is 23.3 Å². The maximum atomic E-state index is 12.4. The van der Waals surface area contributed by atoms with Crippen molar-refractivity contribution in [3.05, 3.63) is 69.4 Å². The quantitative estimate of drug-likeness (QED) is 0.556. The molecule has 0 aliphatic heterocycles. The van der Waals surface area contributed by atoms with E-state index in [-0.39, 0.29) is 12.2 Å². The van der Waals surface area contributed by atoms with Crippen molar-refractivity contribution in [3.63, 3.8) is 0 Å². The van der Waals surface area contributed by atoms with Crippen LogP contribution < -0.4 is 0 Å². The Labute approximate surface area is 172 Å². The highest BCUT2D eigenvalue weighted by molar-refractivity contribution is 7.14. The van der Waals surface area contributed by atoms with Crippen LogP contribution in [-0.2, 0) is 11.2 Å². The number of aryl methyl sites for hydroxylation is 1. The number of benzene rings is 2. The number of esters is 1. The predicted molar refractivity (Wildman–Crippen MR) is 112 cm³/mol. The maximum Gasteiger partial charge on any atom is 0.348 e. The van der Waals surface area contributed by atoms with E-state index < -0.39 is 11.9 Å². The number of nitrogens with zero attached hydrogens (tertiary/aromatic N) is 1. The summed E-state index contributed by atoms with van der Waals surface area (Å²) in [5.74, 6) is -1.41. The number of carbonyl (C=O) groups is 2. The van der Waals surface area contributed by atoms with Gasteiger partial charge in [-0.2, -0.15) is 5.26 Å². The Bertz CT molecular complexity index is 1110. The lowest BCUT2D eigenvalue weighted by Crippen LogP contribution is -2.04. The van der Waals surface area contributed by atoms with Gasteiger partial charge in [-0.15, -0.1) is 11.3 Å². The fourth-order valence-corrected chi connectivity index (χ4v) is 4.23. The third-order valence-electron chi connectivity index (χ3n) is 4.49. The second-order valence-electron chi connectivity index (χ2n) is 6.25. The molecule has 0 fully saturated rings. The molecule has 0 amide bonds. The van der Waals surface area contributed by atoms with Gasteiger partial charge >= 0.3 is 11.9 Å². The number of hydrogen-bond acceptors (Lipinski definition) is 5. The van der Waals surface area contributed by atoms with Crippen molar-refractivity contribution < 1.29 is 19.4 Å². The molecule has 1 N–H and O–H groups in total. The molecular weight excluding hydrogens is 386 g/mol. The van der Waals surface area contributed by atoms with Gasteiger partial charge in [-0.3, -0.25) is 0 Å². The minimum absolute atomic E-state index is 0.216. The number of ether oxygens (including phenoxy) is 1. The van der Waals surface area contributed by atoms with Gasteiger partial charge in [-0.1, -0.05) is 43.3 Å². The number of aromatic carboxylic acids is 1. The van der Waals surface area contributed by atoms with Gasteiger partial charge in [0.15, 0.2) is 0 Å². The van der Waals surface area contributed by atoms with Crippen molar-refractivity contribution in [2.75, 3.05) is 6.61 Å². The van der Waals surface area contributed by atoms with E-state index in [0.717, 1.165) is 21.6 Å². The molecular formula is C23H19NO4S. The Morgan fingerprint density at radius 2 is 1.76 bits per heavy atom. The monoisotopic (exact) mass is 405 g/mol. The van der Waals surface area contributed by atoms with Crippen LogP contribution in [0, 0.1) is 11.3 Å². The van der Waals surface area contributed by atoms with Crippen LogP contribution in [0.4, 0.5) is 0 Å². The third-order valence-corrected chi connectivity index (χ3v) is 5.81. The van der Waals surface area contributed by atoms with Crippen molar-refractivity contribution in [2.45, 2.75) is 20.3 Å². The summed E-state index contributed by atoms with van der Waals surface area (Å²) in [7, 11) is 0. The Balaban J connectivity index is 2.07. The molecule has 3 aromatic rings. The van der Waals surface area contributed by atoms with Gasteiger partial charge in [0.1, 0.15) is 10.9 Å². The van der Waals surface area contributed by atoms with E-state index in [9.17, 15) is 20.0 Å². The number of thiophene rings is 1. The van der Waals surface area contributed by atoms with Crippen LogP contribution in [0.3, 0.4) is 0 Å². The van der Waals surface area contributed by atoms with Gasteiger partial charge in [0, 0.05) is 10.4 Å². The van der Waals surface area contributed by atoms with E-state index in [1.165, 1.54) is 11.3 Å². The molecule has 0 saturated carbocycles. The molecule has 1 aromatic heterocycles. The van der Waals surface area contributed by atoms with E-state index in [4.69, 9.17) is 4.74 Å². The highest BCUT2D eigenvalue weighted by Gasteiger charge is 2.24. The van der Waals surface area contributed by atoms with Crippen LogP contribution in [0.2, 0.25) is 0 Å². The second kappa shape index (κ2) is 8.72. The highest BCUT2D eigenvalue weighted by atomic mass is 32.1. The molecule has 0 aliphatic rings. The predicted octanol–water partition coefficient (Wildman–Crippen LogP) is 5.39. The zero-order chi connectivity index (χ0) is 21.0. The number of carbonyl (C=O) groups excluding carboxylic acids is 1. The number of nitriles is 1. The molecule has 3 rings (SSSR count). The first-order valence-electron chi connectivity index (χ1n) is 9.17. The van der Waals surface area contributed by atoms with Crippen LogP contribution in [0.25, 0.3) is 22.3 Å². The summed E-state index contributed by atoms with van der Waals surface area (Å²) in [5, 5.41) is 18.9. The smallest absolute Gasteiger partial charge is 0.348 e. The third kappa shape index (κ3) is 4.05. The molecule has 0 radical (unpaired) electrons. The Morgan fingerprint density at radius 1 is 1.07 bits per heavy atom. The summed E-state index contributed by atoms with van der Waals surface area (Å²) in [5.41, 5.74) is 3.69. The van der Waals surface area contributed by atoms with E-state index >= 15 is 0 Å². The van der Waals surface area contributed by atoms with Gasteiger partial charge < -0.3 is 9.84 Å². The molecule has 6 heteroatoms. The minimum Gasteiger partial charge on any atom is -0.478 e.